The van der Waals surface area contributed by atoms with Crippen molar-refractivity contribution in [1.29, 1.82) is 0 Å². The first-order chi connectivity index (χ1) is 9.24. The van der Waals surface area contributed by atoms with Crippen molar-refractivity contribution in [2.45, 2.75) is 6.04 Å². The van der Waals surface area contributed by atoms with Crippen molar-refractivity contribution < 1.29 is 4.74 Å². The van der Waals surface area contributed by atoms with Crippen LogP contribution in [-0.2, 0) is 4.74 Å². The fraction of sp³-hybridized carbons (Fsp3) is 0.308. The normalized spacial score (nSPS) is 19.6. The van der Waals surface area contributed by atoms with Crippen LogP contribution in [0.25, 0.3) is 11.3 Å². The maximum atomic E-state index is 6.19. The van der Waals surface area contributed by atoms with Gasteiger partial charge in [-0.05, 0) is 18.2 Å². The Morgan fingerprint density at radius 3 is 2.95 bits per heavy atom. The smallest absolute Gasteiger partial charge is 0.126 e. The molecule has 1 aromatic heterocycles. The Kier molecular flexibility index (Phi) is 3.75. The fourth-order valence-corrected chi connectivity index (χ4v) is 2.61. The summed E-state index contributed by atoms with van der Waals surface area (Å²) in [6.07, 6.45) is 1.78. The van der Waals surface area contributed by atoms with Crippen LogP contribution in [0.1, 0.15) is 11.9 Å². The molecule has 0 saturated carbocycles. The number of imidazole rings is 1. The first-order valence-corrected chi connectivity index (χ1v) is 6.81. The van der Waals surface area contributed by atoms with Gasteiger partial charge in [0.25, 0.3) is 0 Å². The van der Waals surface area contributed by atoms with E-state index in [-0.39, 0.29) is 6.04 Å². The molecule has 6 heteroatoms. The molecule has 0 aliphatic carbocycles. The Bertz CT molecular complexity index is 579. The lowest BCUT2D eigenvalue weighted by atomic mass is 10.2. The number of halogens is 2. The number of rotatable bonds is 2. The van der Waals surface area contributed by atoms with Gasteiger partial charge in [-0.1, -0.05) is 23.2 Å². The molecule has 1 aliphatic rings. The number of H-pyrrole nitrogens is 1. The second-order valence-electron chi connectivity index (χ2n) is 4.39. The summed E-state index contributed by atoms with van der Waals surface area (Å²) < 4.78 is 5.42. The number of nitrogens with zero attached hydrogens (tertiary/aromatic N) is 1. The van der Waals surface area contributed by atoms with Gasteiger partial charge in [-0.3, -0.25) is 0 Å². The Labute approximate surface area is 121 Å². The zero-order valence-corrected chi connectivity index (χ0v) is 11.6. The number of nitrogens with one attached hydrogen (secondary N) is 2. The predicted octanol–water partition coefficient (Wildman–Crippen LogP) is 3.04. The maximum absolute atomic E-state index is 6.19. The van der Waals surface area contributed by atoms with Gasteiger partial charge in [-0.15, -0.1) is 0 Å². The molecule has 1 saturated heterocycles. The van der Waals surface area contributed by atoms with Crippen LogP contribution >= 0.6 is 23.2 Å². The van der Waals surface area contributed by atoms with Gasteiger partial charge in [-0.25, -0.2) is 4.98 Å². The second kappa shape index (κ2) is 5.51. The van der Waals surface area contributed by atoms with E-state index in [0.717, 1.165) is 30.2 Å². The van der Waals surface area contributed by atoms with Crippen LogP contribution in [0, 0.1) is 0 Å². The molecule has 0 radical (unpaired) electrons. The Morgan fingerprint density at radius 1 is 1.32 bits per heavy atom. The molecular weight excluding hydrogens is 285 g/mol. The number of benzene rings is 1. The summed E-state index contributed by atoms with van der Waals surface area (Å²) in [5.41, 5.74) is 1.77. The molecule has 1 atom stereocenters. The van der Waals surface area contributed by atoms with Crippen molar-refractivity contribution in [2.24, 2.45) is 0 Å². The number of hydrogen-bond acceptors (Lipinski definition) is 3. The van der Waals surface area contributed by atoms with Crippen LogP contribution in [-0.4, -0.2) is 29.7 Å². The lowest BCUT2D eigenvalue weighted by Gasteiger charge is -2.21. The molecule has 1 aliphatic heterocycles. The molecule has 1 fully saturated rings. The van der Waals surface area contributed by atoms with Crippen molar-refractivity contribution in [1.82, 2.24) is 15.3 Å². The number of aromatic amines is 1. The molecule has 1 aromatic carbocycles. The Morgan fingerprint density at radius 2 is 2.21 bits per heavy atom. The van der Waals surface area contributed by atoms with Gasteiger partial charge in [-0.2, -0.15) is 0 Å². The largest absolute Gasteiger partial charge is 0.378 e. The third kappa shape index (κ3) is 2.77. The van der Waals surface area contributed by atoms with E-state index >= 15 is 0 Å². The van der Waals surface area contributed by atoms with Crippen molar-refractivity contribution in [2.75, 3.05) is 19.8 Å². The summed E-state index contributed by atoms with van der Waals surface area (Å²) >= 11 is 12.1. The monoisotopic (exact) mass is 297 g/mol. The molecule has 19 heavy (non-hydrogen) atoms. The summed E-state index contributed by atoms with van der Waals surface area (Å²) in [4.78, 5) is 7.67. The first-order valence-electron chi connectivity index (χ1n) is 6.05. The van der Waals surface area contributed by atoms with E-state index in [4.69, 9.17) is 27.9 Å². The lowest BCUT2D eigenvalue weighted by molar-refractivity contribution is 0.0745. The van der Waals surface area contributed by atoms with Crippen LogP contribution < -0.4 is 5.32 Å². The molecule has 4 nitrogen and oxygen atoms in total. The molecule has 2 aromatic rings. The van der Waals surface area contributed by atoms with Crippen molar-refractivity contribution in [3.05, 3.63) is 40.3 Å². The summed E-state index contributed by atoms with van der Waals surface area (Å²) in [5, 5.41) is 4.58. The average Bonchev–Trinajstić information content (AvgIpc) is 2.89. The van der Waals surface area contributed by atoms with Crippen molar-refractivity contribution in [3.8, 4) is 11.3 Å². The van der Waals surface area contributed by atoms with Gasteiger partial charge in [0.1, 0.15) is 5.82 Å². The number of aromatic nitrogens is 2. The number of morpholine rings is 1. The molecular formula is C13H13Cl2N3O. The van der Waals surface area contributed by atoms with E-state index in [9.17, 15) is 0 Å². The second-order valence-corrected chi connectivity index (χ2v) is 5.23. The van der Waals surface area contributed by atoms with E-state index in [1.54, 1.807) is 12.3 Å². The molecule has 100 valence electrons. The van der Waals surface area contributed by atoms with Gasteiger partial charge in [0.15, 0.2) is 0 Å². The molecule has 0 spiro atoms. The van der Waals surface area contributed by atoms with E-state index < -0.39 is 0 Å². The zero-order valence-electron chi connectivity index (χ0n) is 10.1. The van der Waals surface area contributed by atoms with E-state index in [1.165, 1.54) is 0 Å². The van der Waals surface area contributed by atoms with Crippen LogP contribution in [0.3, 0.4) is 0 Å². The minimum atomic E-state index is 0.105. The van der Waals surface area contributed by atoms with Gasteiger partial charge < -0.3 is 15.0 Å². The van der Waals surface area contributed by atoms with Gasteiger partial charge >= 0.3 is 0 Å². The predicted molar refractivity (Wildman–Crippen MR) is 75.6 cm³/mol. The molecule has 0 amide bonds. The molecule has 2 N–H and O–H groups in total. The van der Waals surface area contributed by atoms with Gasteiger partial charge in [0.05, 0.1) is 36.2 Å². The minimum Gasteiger partial charge on any atom is -0.378 e. The highest BCUT2D eigenvalue weighted by Gasteiger charge is 2.18. The lowest BCUT2D eigenvalue weighted by Crippen LogP contribution is -2.35. The van der Waals surface area contributed by atoms with E-state index in [1.807, 2.05) is 12.1 Å². The summed E-state index contributed by atoms with van der Waals surface area (Å²) in [6, 6.07) is 5.52. The maximum Gasteiger partial charge on any atom is 0.126 e. The summed E-state index contributed by atoms with van der Waals surface area (Å²) in [5.74, 6) is 0.862. The zero-order chi connectivity index (χ0) is 13.2. The van der Waals surface area contributed by atoms with Gasteiger partial charge in [0, 0.05) is 17.1 Å². The van der Waals surface area contributed by atoms with Crippen molar-refractivity contribution >= 4 is 23.2 Å². The van der Waals surface area contributed by atoms with E-state index in [0.29, 0.717) is 16.7 Å². The fourth-order valence-electron chi connectivity index (χ4n) is 2.10. The highest BCUT2D eigenvalue weighted by molar-refractivity contribution is 6.36. The van der Waals surface area contributed by atoms with Gasteiger partial charge in [0.2, 0.25) is 0 Å². The number of hydrogen-bond donors (Lipinski definition) is 2. The Hall–Kier alpha value is -1.07. The molecule has 0 bridgehead atoms. The Balaban J connectivity index is 1.87. The minimum absolute atomic E-state index is 0.105. The quantitative estimate of drug-likeness (QED) is 0.896. The topological polar surface area (TPSA) is 49.9 Å². The standard InChI is InChI=1S/C13H13Cl2N3O/c14-8-1-2-9(10(15)5-8)11-6-17-13(18-11)12-7-19-4-3-16-12/h1-2,5-6,12,16H,3-4,7H2,(H,17,18). The van der Waals surface area contributed by atoms with E-state index in [2.05, 4.69) is 15.3 Å². The highest BCUT2D eigenvalue weighted by Crippen LogP contribution is 2.29. The number of ether oxygens (including phenoxy) is 1. The van der Waals surface area contributed by atoms with Crippen LogP contribution in [0.4, 0.5) is 0 Å². The summed E-state index contributed by atoms with van der Waals surface area (Å²) in [7, 11) is 0. The average molecular weight is 298 g/mol. The highest BCUT2D eigenvalue weighted by atomic mass is 35.5. The molecule has 1 unspecified atom stereocenters. The van der Waals surface area contributed by atoms with Crippen molar-refractivity contribution in [3.63, 3.8) is 0 Å². The molecule has 3 rings (SSSR count). The first kappa shape index (κ1) is 12.9. The van der Waals surface area contributed by atoms with Crippen LogP contribution in [0.5, 0.6) is 0 Å². The van der Waals surface area contributed by atoms with Crippen LogP contribution in [0.15, 0.2) is 24.4 Å². The summed E-state index contributed by atoms with van der Waals surface area (Å²) in [6.45, 7) is 2.21. The third-order valence-corrected chi connectivity index (χ3v) is 3.62. The third-order valence-electron chi connectivity index (χ3n) is 3.07. The van der Waals surface area contributed by atoms with Crippen LogP contribution in [0.2, 0.25) is 10.0 Å². The molecule has 2 heterocycles. The SMILES string of the molecule is Clc1ccc(-c2cnc(C3COCCN3)[nH]2)c(Cl)c1.